The van der Waals surface area contributed by atoms with Gasteiger partial charge >= 0.3 is 0 Å². The fourth-order valence-corrected chi connectivity index (χ4v) is 6.41. The van der Waals surface area contributed by atoms with Crippen LogP contribution in [-0.2, 0) is 26.8 Å². The minimum atomic E-state index is -4.32. The number of benzene rings is 3. The minimum Gasteiger partial charge on any atom is -0.748 e. The highest BCUT2D eigenvalue weighted by Gasteiger charge is 2.28. The van der Waals surface area contributed by atoms with Gasteiger partial charge in [0.15, 0.2) is 5.75 Å². The maximum absolute atomic E-state index is 11.2. The Hall–Kier alpha value is -3.97. The van der Waals surface area contributed by atoms with E-state index in [9.17, 15) is 25.9 Å². The van der Waals surface area contributed by atoms with Crippen LogP contribution in [-0.4, -0.2) is 51.1 Å². The number of nitrogens with zero attached hydrogens (tertiary/aromatic N) is 2. The maximum Gasteiger partial charge on any atom is 0.213 e. The third-order valence-electron chi connectivity index (χ3n) is 7.43. The maximum atomic E-state index is 11.2. The summed E-state index contributed by atoms with van der Waals surface area (Å²) in [6.07, 6.45) is 3.23. The van der Waals surface area contributed by atoms with E-state index in [1.54, 1.807) is 7.11 Å². The van der Waals surface area contributed by atoms with Crippen LogP contribution in [0.2, 0.25) is 0 Å². The topological polar surface area (TPSA) is 140 Å². The highest BCUT2D eigenvalue weighted by atomic mass is 32.2. The van der Waals surface area contributed by atoms with Crippen molar-refractivity contribution in [3.8, 4) is 22.6 Å². The summed E-state index contributed by atoms with van der Waals surface area (Å²) >= 11 is 0. The Morgan fingerprint density at radius 2 is 1.55 bits per heavy atom. The van der Waals surface area contributed by atoms with E-state index in [0.717, 1.165) is 33.4 Å². The quantitative estimate of drug-likeness (QED) is 0.116. The molecule has 4 aromatic rings. The first-order chi connectivity index (χ1) is 21.0. The van der Waals surface area contributed by atoms with Gasteiger partial charge in [0.25, 0.3) is 0 Å². The Balaban J connectivity index is 1.52. The smallest absolute Gasteiger partial charge is 0.213 e. The van der Waals surface area contributed by atoms with Crippen molar-refractivity contribution in [2.24, 2.45) is 0 Å². The summed E-state index contributed by atoms with van der Waals surface area (Å²) < 4.78 is 81.0. The molecule has 0 radical (unpaired) electrons. The number of ether oxygens (including phenoxy) is 2. The van der Waals surface area contributed by atoms with Crippen LogP contribution in [0.5, 0.6) is 11.5 Å². The second-order valence-corrected chi connectivity index (χ2v) is 13.6. The van der Waals surface area contributed by atoms with Gasteiger partial charge in [0, 0.05) is 36.6 Å². The van der Waals surface area contributed by atoms with Gasteiger partial charge in [-0.05, 0) is 60.7 Å². The first-order valence-electron chi connectivity index (χ1n) is 14.2. The molecule has 0 saturated heterocycles. The van der Waals surface area contributed by atoms with E-state index < -0.39 is 31.7 Å². The molecule has 0 amide bonds. The summed E-state index contributed by atoms with van der Waals surface area (Å²) in [7, 11) is -7.04. The van der Waals surface area contributed by atoms with Gasteiger partial charge in [0.05, 0.1) is 44.5 Å². The van der Waals surface area contributed by atoms with Gasteiger partial charge in [-0.1, -0.05) is 36.4 Å². The molecule has 5 rings (SSSR count). The summed E-state index contributed by atoms with van der Waals surface area (Å²) in [6.45, 7) is 0.865. The average Bonchev–Trinajstić information content (AvgIpc) is 3.33. The van der Waals surface area contributed by atoms with Gasteiger partial charge in [-0.15, -0.1) is 0 Å². The fourth-order valence-electron chi connectivity index (χ4n) is 5.29. The van der Waals surface area contributed by atoms with Gasteiger partial charge in [-0.2, -0.15) is 4.57 Å². The summed E-state index contributed by atoms with van der Waals surface area (Å²) in [5.41, 5.74) is 4.52. The van der Waals surface area contributed by atoms with E-state index in [2.05, 4.69) is 0 Å². The molecule has 0 bridgehead atoms. The summed E-state index contributed by atoms with van der Waals surface area (Å²) in [4.78, 5) is 1.98. The molecule has 232 valence electrons. The van der Waals surface area contributed by atoms with Crippen LogP contribution in [0.1, 0.15) is 31.4 Å². The van der Waals surface area contributed by atoms with E-state index in [0.29, 0.717) is 43.3 Å². The second-order valence-electron chi connectivity index (χ2n) is 10.6. The van der Waals surface area contributed by atoms with Crippen molar-refractivity contribution in [2.45, 2.75) is 32.2 Å². The number of hydrogen-bond donors (Lipinski definition) is 0. The SMILES string of the molecule is COc1ccc2c(ccc(C=C3Oc4ccc(-c5ccccc5)cc4N3CCCCS(=O)(=O)[O-])[n+]2CCCCS(=O)(=O)[O-])c1. The Kier molecular flexibility index (Phi) is 9.54. The number of rotatable bonds is 13. The van der Waals surface area contributed by atoms with E-state index in [1.165, 1.54) is 0 Å². The van der Waals surface area contributed by atoms with Gasteiger partial charge in [-0.3, -0.25) is 0 Å². The molecular formula is C32H33N2O8S2-. The molecule has 0 fully saturated rings. The molecule has 3 aromatic carbocycles. The third kappa shape index (κ3) is 7.94. The molecule has 0 spiro atoms. The number of anilines is 1. The van der Waals surface area contributed by atoms with Crippen LogP contribution < -0.4 is 18.9 Å². The van der Waals surface area contributed by atoms with Crippen molar-refractivity contribution in [2.75, 3.05) is 30.1 Å². The molecule has 1 aliphatic rings. The van der Waals surface area contributed by atoms with Crippen LogP contribution in [0.25, 0.3) is 28.1 Å². The molecule has 10 nitrogen and oxygen atoms in total. The van der Waals surface area contributed by atoms with Crippen molar-refractivity contribution in [3.63, 3.8) is 0 Å². The Labute approximate surface area is 257 Å². The first-order valence-corrected chi connectivity index (χ1v) is 17.4. The van der Waals surface area contributed by atoms with Crippen LogP contribution in [0.3, 0.4) is 0 Å². The predicted molar refractivity (Wildman–Crippen MR) is 166 cm³/mol. The Morgan fingerprint density at radius 1 is 0.818 bits per heavy atom. The van der Waals surface area contributed by atoms with Gasteiger partial charge in [-0.25, -0.2) is 16.8 Å². The zero-order valence-corrected chi connectivity index (χ0v) is 25.8. The zero-order chi connectivity index (χ0) is 31.3. The molecule has 1 aromatic heterocycles. The van der Waals surface area contributed by atoms with Crippen molar-refractivity contribution < 1.29 is 40.0 Å². The molecule has 0 saturated carbocycles. The fraction of sp³-hybridized carbons (Fsp3) is 0.281. The molecule has 0 atom stereocenters. The third-order valence-corrected chi connectivity index (χ3v) is 9.01. The summed E-state index contributed by atoms with van der Waals surface area (Å²) in [6, 6.07) is 25.4. The van der Waals surface area contributed by atoms with E-state index in [4.69, 9.17) is 9.47 Å². The van der Waals surface area contributed by atoms with Gasteiger partial charge in [0.1, 0.15) is 12.3 Å². The number of aryl methyl sites for hydroxylation is 1. The molecule has 2 heterocycles. The van der Waals surface area contributed by atoms with Crippen molar-refractivity contribution in [1.82, 2.24) is 0 Å². The molecular weight excluding hydrogens is 604 g/mol. The zero-order valence-electron chi connectivity index (χ0n) is 24.2. The highest BCUT2D eigenvalue weighted by molar-refractivity contribution is 7.85. The van der Waals surface area contributed by atoms with E-state index in [1.807, 2.05) is 94.4 Å². The molecule has 0 aliphatic carbocycles. The molecule has 12 heteroatoms. The lowest BCUT2D eigenvalue weighted by molar-refractivity contribution is -0.673. The highest BCUT2D eigenvalue weighted by Crippen LogP contribution is 2.42. The number of hydrogen-bond acceptors (Lipinski definition) is 9. The lowest BCUT2D eigenvalue weighted by atomic mass is 10.0. The monoisotopic (exact) mass is 637 g/mol. The largest absolute Gasteiger partial charge is 0.748 e. The van der Waals surface area contributed by atoms with E-state index >= 15 is 0 Å². The summed E-state index contributed by atoms with van der Waals surface area (Å²) in [5.74, 6) is 0.995. The lowest BCUT2D eigenvalue weighted by Gasteiger charge is -2.19. The van der Waals surface area contributed by atoms with Crippen LogP contribution in [0.4, 0.5) is 5.69 Å². The van der Waals surface area contributed by atoms with Crippen molar-refractivity contribution in [1.29, 1.82) is 0 Å². The lowest BCUT2D eigenvalue weighted by Crippen LogP contribution is -2.38. The van der Waals surface area contributed by atoms with Gasteiger partial charge < -0.3 is 23.5 Å². The second kappa shape index (κ2) is 13.3. The average molecular weight is 638 g/mol. The first kappa shape index (κ1) is 31.5. The molecule has 0 N–H and O–H groups in total. The van der Waals surface area contributed by atoms with Crippen molar-refractivity contribution >= 4 is 42.9 Å². The standard InChI is InChI=1S/C32H34N2O8S2/c1-41-28-14-15-29-26(21-28)11-13-27(33(29)17-5-7-19-43(35,36)37)23-32-34(18-6-8-20-44(38,39)40)30-22-25(12-16-31(30)42-32)24-9-3-2-4-10-24/h2-4,9-16,21-23H,5-8,17-20H2,1H3,(H-,35,36,37,38,39,40)/p-1. The predicted octanol–water partition coefficient (Wildman–Crippen LogP) is 4.65. The van der Waals surface area contributed by atoms with Crippen LogP contribution in [0, 0.1) is 0 Å². The van der Waals surface area contributed by atoms with E-state index in [-0.39, 0.29) is 12.8 Å². The van der Waals surface area contributed by atoms with Crippen molar-refractivity contribution in [3.05, 3.63) is 90.4 Å². The number of fused-ring (bicyclic) bond motifs is 2. The van der Waals surface area contributed by atoms with Gasteiger partial charge in [0.2, 0.25) is 17.1 Å². The molecule has 44 heavy (non-hydrogen) atoms. The minimum absolute atomic E-state index is 0.212. The normalized spacial score (nSPS) is 14.2. The Morgan fingerprint density at radius 3 is 2.25 bits per heavy atom. The van der Waals surface area contributed by atoms with Crippen LogP contribution >= 0.6 is 0 Å². The molecule has 1 aliphatic heterocycles. The number of pyridine rings is 1. The number of methoxy groups -OCH3 is 1. The Bertz CT molecular complexity index is 1890. The van der Waals surface area contributed by atoms with Crippen LogP contribution in [0.15, 0.2) is 84.7 Å². The molecule has 0 unspecified atom stereocenters. The number of unbranched alkanes of at least 4 members (excludes halogenated alkanes) is 2. The summed E-state index contributed by atoms with van der Waals surface area (Å²) in [5, 5.41) is 0.918. The number of aromatic nitrogens is 1.